The summed E-state index contributed by atoms with van der Waals surface area (Å²) in [4.78, 5) is 23.8. The van der Waals surface area contributed by atoms with Crippen LogP contribution in [0.3, 0.4) is 0 Å². The molecule has 2 fully saturated rings. The molecule has 4 aromatic rings. The standard InChI is InChI=1S/C34H44BrN8O2PS/c1-6-22-18-28(30(44-3)19-29(22)42-14-10-24(11-15-42)43-16-17-45-21-23(43)7-2)40-34-38-20-25(35)33(41-34)39-27-9-8-26-31(37-13-12-36-26)32(27)46(4,5)47/h8-9,12-13,18-20,23-24H,6-7,10-11,14-17,21H2,1-5H3,(H2,38,39,40,41)/t23-/m1/s1. The number of hydrogen-bond donors (Lipinski definition) is 2. The normalized spacial score (nSPS) is 18.0. The van der Waals surface area contributed by atoms with Gasteiger partial charge in [0.1, 0.15) is 11.6 Å². The molecule has 2 N–H and O–H groups in total. The Hall–Kier alpha value is -2.89. The number of ether oxygens (including phenoxy) is 2. The molecular formula is C34H44BrN8O2PS. The smallest absolute Gasteiger partial charge is 0.229 e. The number of nitrogens with one attached hydrogen (secondary N) is 2. The minimum atomic E-state index is -1.91. The first kappa shape index (κ1) is 34.0. The number of morpholine rings is 1. The van der Waals surface area contributed by atoms with E-state index in [2.05, 4.69) is 90.6 Å². The van der Waals surface area contributed by atoms with Crippen LogP contribution in [0.4, 0.5) is 28.8 Å². The predicted octanol–water partition coefficient (Wildman–Crippen LogP) is 6.68. The highest BCUT2D eigenvalue weighted by Gasteiger charge is 2.31. The highest BCUT2D eigenvalue weighted by atomic mass is 79.9. The van der Waals surface area contributed by atoms with E-state index in [4.69, 9.17) is 26.3 Å². The number of piperidine rings is 1. The number of benzene rings is 2. The van der Waals surface area contributed by atoms with Crippen molar-refractivity contribution in [2.75, 3.05) is 68.8 Å². The van der Waals surface area contributed by atoms with Crippen LogP contribution in [0.1, 0.15) is 38.7 Å². The minimum absolute atomic E-state index is 0.454. The van der Waals surface area contributed by atoms with E-state index < -0.39 is 6.04 Å². The van der Waals surface area contributed by atoms with Crippen molar-refractivity contribution in [3.05, 3.63) is 52.9 Å². The Morgan fingerprint density at radius 2 is 1.83 bits per heavy atom. The van der Waals surface area contributed by atoms with Crippen LogP contribution in [0.5, 0.6) is 5.75 Å². The van der Waals surface area contributed by atoms with Crippen LogP contribution >= 0.6 is 22.0 Å². The Bertz CT molecular complexity index is 1780. The average molecular weight is 740 g/mol. The maximum atomic E-state index is 6.00. The molecule has 2 aromatic heterocycles. The van der Waals surface area contributed by atoms with Crippen molar-refractivity contribution in [3.63, 3.8) is 0 Å². The molecule has 1 atom stereocenters. The number of methoxy groups -OCH3 is 1. The van der Waals surface area contributed by atoms with Gasteiger partial charge in [0.05, 0.1) is 47.2 Å². The zero-order chi connectivity index (χ0) is 33.1. The molecule has 250 valence electrons. The van der Waals surface area contributed by atoms with Gasteiger partial charge in [-0.2, -0.15) is 4.98 Å². The highest BCUT2D eigenvalue weighted by molar-refractivity contribution is 9.10. The summed E-state index contributed by atoms with van der Waals surface area (Å²) in [6.45, 7) is 13.5. The number of halogens is 1. The average Bonchev–Trinajstić information content (AvgIpc) is 3.08. The van der Waals surface area contributed by atoms with Gasteiger partial charge in [0, 0.05) is 67.4 Å². The first-order valence-electron chi connectivity index (χ1n) is 16.3. The van der Waals surface area contributed by atoms with E-state index in [-0.39, 0.29) is 0 Å². The molecule has 0 saturated carbocycles. The number of nitrogens with zero attached hydrogens (tertiary/aromatic N) is 6. The van der Waals surface area contributed by atoms with Gasteiger partial charge in [-0.1, -0.05) is 25.7 Å². The van der Waals surface area contributed by atoms with Gasteiger partial charge in [0.15, 0.2) is 0 Å². The van der Waals surface area contributed by atoms with Gasteiger partial charge in [0.2, 0.25) is 5.95 Å². The van der Waals surface area contributed by atoms with Crippen molar-refractivity contribution < 1.29 is 9.47 Å². The molecule has 0 unspecified atom stereocenters. The van der Waals surface area contributed by atoms with Crippen LogP contribution in [0, 0.1) is 0 Å². The van der Waals surface area contributed by atoms with Crippen molar-refractivity contribution in [3.8, 4) is 5.75 Å². The molecule has 2 aliphatic heterocycles. The molecule has 2 saturated heterocycles. The summed E-state index contributed by atoms with van der Waals surface area (Å²) in [5.41, 5.74) is 5.84. The lowest BCUT2D eigenvalue weighted by molar-refractivity contribution is -0.0345. The maximum Gasteiger partial charge on any atom is 0.229 e. The number of fused-ring (bicyclic) bond motifs is 1. The summed E-state index contributed by atoms with van der Waals surface area (Å²) in [6, 6.07) is 7.55. The summed E-state index contributed by atoms with van der Waals surface area (Å²) in [5.74, 6) is 1.83. The van der Waals surface area contributed by atoms with Crippen molar-refractivity contribution in [1.82, 2.24) is 24.8 Å². The first-order chi connectivity index (χ1) is 22.7. The molecule has 47 heavy (non-hydrogen) atoms. The van der Waals surface area contributed by atoms with Crippen LogP contribution < -0.4 is 25.6 Å². The van der Waals surface area contributed by atoms with Crippen LogP contribution in [-0.2, 0) is 23.0 Å². The zero-order valence-electron chi connectivity index (χ0n) is 27.8. The van der Waals surface area contributed by atoms with Gasteiger partial charge in [-0.3, -0.25) is 14.9 Å². The number of aryl methyl sites for hydroxylation is 1. The summed E-state index contributed by atoms with van der Waals surface area (Å²) in [6.07, 6.45) is 9.50. The summed E-state index contributed by atoms with van der Waals surface area (Å²) < 4.78 is 12.4. The fourth-order valence-electron chi connectivity index (χ4n) is 6.83. The van der Waals surface area contributed by atoms with E-state index in [1.165, 1.54) is 11.3 Å². The molecule has 6 rings (SSSR count). The third-order valence-electron chi connectivity index (χ3n) is 9.20. The molecule has 0 spiro atoms. The Balaban J connectivity index is 1.23. The molecule has 2 aromatic carbocycles. The van der Waals surface area contributed by atoms with Crippen molar-refractivity contribution in [1.29, 1.82) is 0 Å². The summed E-state index contributed by atoms with van der Waals surface area (Å²) in [5, 5.41) is 7.95. The monoisotopic (exact) mass is 738 g/mol. The Morgan fingerprint density at radius 3 is 2.55 bits per heavy atom. The number of anilines is 5. The highest BCUT2D eigenvalue weighted by Crippen LogP contribution is 2.42. The largest absolute Gasteiger partial charge is 0.494 e. The number of aromatic nitrogens is 4. The zero-order valence-corrected chi connectivity index (χ0v) is 31.1. The molecule has 0 radical (unpaired) electrons. The van der Waals surface area contributed by atoms with E-state index in [1.54, 1.807) is 25.7 Å². The SMILES string of the molecule is CCc1cc(Nc2ncc(Br)c(Nc3ccc4nccnc4c3P(C)(C)=S)n2)c(OC)cc1N1CCC(N2CCOC[C@H]2CC)CC1. The molecule has 0 bridgehead atoms. The van der Waals surface area contributed by atoms with E-state index in [0.717, 1.165) is 96.5 Å². The number of rotatable bonds is 10. The van der Waals surface area contributed by atoms with Crippen LogP contribution in [-0.4, -0.2) is 90.2 Å². The van der Waals surface area contributed by atoms with Crippen LogP contribution in [0.15, 0.2) is 47.3 Å². The molecule has 0 amide bonds. The predicted molar refractivity (Wildman–Crippen MR) is 201 cm³/mol. The lowest BCUT2D eigenvalue weighted by Gasteiger charge is -2.45. The molecule has 0 aliphatic carbocycles. The van der Waals surface area contributed by atoms with Crippen LogP contribution in [0.25, 0.3) is 11.0 Å². The molecule has 10 nitrogen and oxygen atoms in total. The number of hydrogen-bond acceptors (Lipinski definition) is 11. The lowest BCUT2D eigenvalue weighted by atomic mass is 9.98. The third-order valence-corrected chi connectivity index (χ3v) is 11.9. The van der Waals surface area contributed by atoms with E-state index in [1.807, 2.05) is 12.1 Å². The van der Waals surface area contributed by atoms with Gasteiger partial charge >= 0.3 is 0 Å². The Morgan fingerprint density at radius 1 is 1.04 bits per heavy atom. The van der Waals surface area contributed by atoms with Gasteiger partial charge in [-0.05, 0) is 84.7 Å². The van der Waals surface area contributed by atoms with Gasteiger partial charge in [0.25, 0.3) is 0 Å². The lowest BCUT2D eigenvalue weighted by Crippen LogP contribution is -2.54. The molecule has 2 aliphatic rings. The fourth-order valence-corrected chi connectivity index (χ4v) is 9.07. The second kappa shape index (κ2) is 14.7. The molecule has 13 heteroatoms. The Labute approximate surface area is 291 Å². The second-order valence-electron chi connectivity index (χ2n) is 12.5. The van der Waals surface area contributed by atoms with E-state index >= 15 is 0 Å². The van der Waals surface area contributed by atoms with Crippen LogP contribution in [0.2, 0.25) is 0 Å². The van der Waals surface area contributed by atoms with Crippen molar-refractivity contribution >= 4 is 78.9 Å². The minimum Gasteiger partial charge on any atom is -0.494 e. The maximum absolute atomic E-state index is 6.00. The van der Waals surface area contributed by atoms with Crippen molar-refractivity contribution in [2.45, 2.75) is 51.6 Å². The second-order valence-corrected chi connectivity index (χ2v) is 19.2. The Kier molecular flexibility index (Phi) is 10.6. The van der Waals surface area contributed by atoms with Gasteiger partial charge in [-0.15, -0.1) is 0 Å². The molecular weight excluding hydrogens is 695 g/mol. The fraction of sp³-hybridized carbons (Fsp3) is 0.471. The van der Waals surface area contributed by atoms with E-state index in [0.29, 0.717) is 23.8 Å². The summed E-state index contributed by atoms with van der Waals surface area (Å²) >= 11 is 9.64. The third kappa shape index (κ3) is 7.42. The molecule has 4 heterocycles. The quantitative estimate of drug-likeness (QED) is 0.170. The van der Waals surface area contributed by atoms with E-state index in [9.17, 15) is 0 Å². The first-order valence-corrected chi connectivity index (χ1v) is 20.8. The van der Waals surface area contributed by atoms with Gasteiger partial charge < -0.3 is 25.0 Å². The van der Waals surface area contributed by atoms with Gasteiger partial charge in [-0.25, -0.2) is 4.98 Å². The van der Waals surface area contributed by atoms with Crippen molar-refractivity contribution in [2.24, 2.45) is 0 Å². The topological polar surface area (TPSA) is 101 Å². The summed E-state index contributed by atoms with van der Waals surface area (Å²) in [7, 11) is 1.71.